The fourth-order valence-corrected chi connectivity index (χ4v) is 7.61. The van der Waals surface area contributed by atoms with Gasteiger partial charge in [-0.2, -0.15) is 11.8 Å². The van der Waals surface area contributed by atoms with Gasteiger partial charge in [0.25, 0.3) is 0 Å². The van der Waals surface area contributed by atoms with Crippen LogP contribution in [-0.4, -0.2) is 58.9 Å². The lowest BCUT2D eigenvalue weighted by Gasteiger charge is -2.39. The van der Waals surface area contributed by atoms with Crippen molar-refractivity contribution in [1.82, 2.24) is 15.5 Å². The predicted molar refractivity (Wildman–Crippen MR) is 132 cm³/mol. The zero-order valence-electron chi connectivity index (χ0n) is 19.9. The quantitative estimate of drug-likeness (QED) is 0.684. The van der Waals surface area contributed by atoms with Crippen LogP contribution >= 0.6 is 11.8 Å². The van der Waals surface area contributed by atoms with E-state index in [0.29, 0.717) is 25.9 Å². The molecule has 4 aliphatic rings. The zero-order valence-corrected chi connectivity index (χ0v) is 20.7. The summed E-state index contributed by atoms with van der Waals surface area (Å²) in [5, 5.41) is 6.26. The summed E-state index contributed by atoms with van der Waals surface area (Å²) >= 11 is 1.83. The summed E-state index contributed by atoms with van der Waals surface area (Å²) < 4.78 is 5.79. The Morgan fingerprint density at radius 3 is 2.74 bits per heavy atom. The van der Waals surface area contributed by atoms with Gasteiger partial charge in [0.1, 0.15) is 17.8 Å². The van der Waals surface area contributed by atoms with Crippen molar-refractivity contribution in [3.63, 3.8) is 0 Å². The molecule has 34 heavy (non-hydrogen) atoms. The molecule has 0 aromatic heterocycles. The fraction of sp³-hybridized carbons (Fsp3) is 0.654. The molecule has 0 radical (unpaired) electrons. The van der Waals surface area contributed by atoms with E-state index in [1.54, 1.807) is 6.92 Å². The molecule has 1 spiro atoms. The number of fused-ring (bicyclic) bond motifs is 2. The Bertz CT molecular complexity index is 948. The first-order valence-electron chi connectivity index (χ1n) is 12.7. The minimum atomic E-state index is -0.557. The Kier molecular flexibility index (Phi) is 6.78. The summed E-state index contributed by atoms with van der Waals surface area (Å²) in [7, 11) is 0. The third-order valence-corrected chi connectivity index (χ3v) is 9.23. The van der Waals surface area contributed by atoms with Crippen molar-refractivity contribution in [2.75, 3.05) is 18.1 Å². The van der Waals surface area contributed by atoms with Gasteiger partial charge in [0.15, 0.2) is 0 Å². The van der Waals surface area contributed by atoms with Gasteiger partial charge in [0, 0.05) is 35.6 Å². The lowest BCUT2D eigenvalue weighted by molar-refractivity contribution is -0.145. The molecule has 184 valence electrons. The third kappa shape index (κ3) is 4.30. The normalized spacial score (nSPS) is 30.0. The van der Waals surface area contributed by atoms with Crippen molar-refractivity contribution in [2.24, 2.45) is 5.41 Å². The average molecular weight is 486 g/mol. The minimum absolute atomic E-state index is 0.0367. The summed E-state index contributed by atoms with van der Waals surface area (Å²) in [5.41, 5.74) is 0.832. The molecule has 3 amide bonds. The summed E-state index contributed by atoms with van der Waals surface area (Å²) in [4.78, 5) is 42.0. The van der Waals surface area contributed by atoms with Crippen molar-refractivity contribution in [1.29, 1.82) is 0 Å². The van der Waals surface area contributed by atoms with Crippen LogP contribution in [0.2, 0.25) is 0 Å². The van der Waals surface area contributed by atoms with E-state index < -0.39 is 12.1 Å². The second kappa shape index (κ2) is 9.80. The summed E-state index contributed by atoms with van der Waals surface area (Å²) in [6.07, 6.45) is 6.69. The smallest absolute Gasteiger partial charge is 0.246 e. The number of nitrogens with one attached hydrogen (secondary N) is 2. The zero-order chi connectivity index (χ0) is 23.7. The minimum Gasteiger partial charge on any atom is -0.493 e. The molecule has 1 unspecified atom stereocenters. The van der Waals surface area contributed by atoms with Crippen LogP contribution < -0.4 is 15.4 Å². The van der Waals surface area contributed by atoms with E-state index in [-0.39, 0.29) is 35.2 Å². The Balaban J connectivity index is 1.45. The number of carbonyl (C=O) groups excluding carboxylic acids is 3. The van der Waals surface area contributed by atoms with Crippen LogP contribution in [0.3, 0.4) is 0 Å². The van der Waals surface area contributed by atoms with Crippen LogP contribution in [0.4, 0.5) is 0 Å². The van der Waals surface area contributed by atoms with Crippen molar-refractivity contribution >= 4 is 29.5 Å². The maximum Gasteiger partial charge on any atom is 0.246 e. The van der Waals surface area contributed by atoms with E-state index in [2.05, 4.69) is 10.6 Å². The second-order valence-corrected chi connectivity index (χ2v) is 11.3. The van der Waals surface area contributed by atoms with E-state index in [9.17, 15) is 14.4 Å². The van der Waals surface area contributed by atoms with Crippen LogP contribution in [-0.2, 0) is 14.4 Å². The molecular weight excluding hydrogens is 450 g/mol. The molecule has 2 saturated heterocycles. The molecule has 1 aliphatic carbocycles. The van der Waals surface area contributed by atoms with Gasteiger partial charge in [0.2, 0.25) is 17.7 Å². The Labute approximate surface area is 205 Å². The highest BCUT2D eigenvalue weighted by Gasteiger charge is 2.58. The SMILES string of the molecule is CCC(=O)N[C@H]1CCSCC2CC3(CCCC3)[C@@H](C(=O)N[C@@H]3CCOc4ccccc43)N2C1=O. The molecule has 7 nitrogen and oxygen atoms in total. The fourth-order valence-electron chi connectivity index (χ4n) is 6.49. The molecular formula is C26H35N3O4S. The van der Waals surface area contributed by atoms with E-state index >= 15 is 0 Å². The van der Waals surface area contributed by atoms with Crippen molar-refractivity contribution in [3.05, 3.63) is 29.8 Å². The summed E-state index contributed by atoms with van der Waals surface area (Å²) in [6, 6.07) is 6.74. The van der Waals surface area contributed by atoms with Gasteiger partial charge in [-0.3, -0.25) is 14.4 Å². The second-order valence-electron chi connectivity index (χ2n) is 10.1. The third-order valence-electron chi connectivity index (χ3n) is 8.09. The van der Waals surface area contributed by atoms with Crippen LogP contribution in [0.15, 0.2) is 24.3 Å². The highest BCUT2D eigenvalue weighted by Crippen LogP contribution is 2.53. The highest BCUT2D eigenvalue weighted by atomic mass is 32.2. The monoisotopic (exact) mass is 485 g/mol. The number of para-hydroxylation sites is 1. The highest BCUT2D eigenvalue weighted by molar-refractivity contribution is 7.99. The first kappa shape index (κ1) is 23.5. The van der Waals surface area contributed by atoms with Crippen LogP contribution in [0.25, 0.3) is 0 Å². The number of hydrogen-bond acceptors (Lipinski definition) is 5. The molecule has 0 bridgehead atoms. The predicted octanol–water partition coefficient (Wildman–Crippen LogP) is 3.19. The molecule has 5 rings (SSSR count). The van der Waals surface area contributed by atoms with Crippen LogP contribution in [0, 0.1) is 5.41 Å². The Hall–Kier alpha value is -2.22. The van der Waals surface area contributed by atoms with Crippen molar-refractivity contribution in [2.45, 2.75) is 82.5 Å². The maximum atomic E-state index is 14.0. The average Bonchev–Trinajstić information content (AvgIpc) is 3.44. The first-order chi connectivity index (χ1) is 16.5. The van der Waals surface area contributed by atoms with Gasteiger partial charge in [-0.05, 0) is 37.5 Å². The van der Waals surface area contributed by atoms with Gasteiger partial charge in [-0.25, -0.2) is 0 Å². The molecule has 4 atom stereocenters. The number of thioether (sulfide) groups is 1. The molecule has 3 aliphatic heterocycles. The number of carbonyl (C=O) groups is 3. The topological polar surface area (TPSA) is 87.7 Å². The van der Waals surface area contributed by atoms with Gasteiger partial charge in [0.05, 0.1) is 12.6 Å². The molecule has 1 saturated carbocycles. The van der Waals surface area contributed by atoms with Gasteiger partial charge < -0.3 is 20.3 Å². The number of rotatable bonds is 4. The maximum absolute atomic E-state index is 14.0. The number of hydrogen-bond donors (Lipinski definition) is 2. The molecule has 2 N–H and O–H groups in total. The molecule has 1 aromatic rings. The van der Waals surface area contributed by atoms with Crippen LogP contribution in [0.5, 0.6) is 5.75 Å². The lowest BCUT2D eigenvalue weighted by Crippen LogP contribution is -2.59. The number of benzene rings is 1. The van der Waals surface area contributed by atoms with E-state index in [1.165, 1.54) is 0 Å². The number of ether oxygens (including phenoxy) is 1. The number of nitrogens with zero attached hydrogens (tertiary/aromatic N) is 1. The standard InChI is InChI=1S/C26H35N3O4S/c1-2-22(30)27-20-10-14-34-16-17-15-26(11-5-6-12-26)23(29(17)25(20)32)24(31)28-19-9-13-33-21-8-4-3-7-18(19)21/h3-4,7-8,17,19-20,23H,2,5-6,9-16H2,1H3,(H,27,30)(H,28,31)/t17?,19-,20+,23-/m1/s1. The molecule has 3 heterocycles. The van der Waals surface area contributed by atoms with Crippen LogP contribution in [0.1, 0.15) is 69.9 Å². The number of amides is 3. The van der Waals surface area contributed by atoms with E-state index in [0.717, 1.165) is 54.9 Å². The lowest BCUT2D eigenvalue weighted by atomic mass is 9.77. The van der Waals surface area contributed by atoms with Gasteiger partial charge in [-0.1, -0.05) is 38.0 Å². The summed E-state index contributed by atoms with van der Waals surface area (Å²) in [6.45, 7) is 2.36. The Morgan fingerprint density at radius 2 is 1.94 bits per heavy atom. The van der Waals surface area contributed by atoms with E-state index in [1.807, 2.05) is 40.9 Å². The van der Waals surface area contributed by atoms with Gasteiger partial charge >= 0.3 is 0 Å². The molecule has 3 fully saturated rings. The van der Waals surface area contributed by atoms with Gasteiger partial charge in [-0.15, -0.1) is 0 Å². The van der Waals surface area contributed by atoms with Crippen molar-refractivity contribution < 1.29 is 19.1 Å². The Morgan fingerprint density at radius 1 is 1.15 bits per heavy atom. The summed E-state index contributed by atoms with van der Waals surface area (Å²) in [5.74, 6) is 2.27. The van der Waals surface area contributed by atoms with Crippen molar-refractivity contribution in [3.8, 4) is 5.75 Å². The van der Waals surface area contributed by atoms with E-state index in [4.69, 9.17) is 4.74 Å². The molecule has 1 aromatic carbocycles. The molecule has 8 heteroatoms. The largest absolute Gasteiger partial charge is 0.493 e. The first-order valence-corrected chi connectivity index (χ1v) is 13.9.